The zero-order chi connectivity index (χ0) is 17.8. The van der Waals surface area contributed by atoms with Gasteiger partial charge in [-0.25, -0.2) is 9.78 Å². The average Bonchev–Trinajstić information content (AvgIpc) is 2.96. The molecule has 2 aromatic heterocycles. The van der Waals surface area contributed by atoms with Crippen molar-refractivity contribution in [3.8, 4) is 11.4 Å². The molecule has 0 radical (unpaired) electrons. The van der Waals surface area contributed by atoms with Crippen LogP contribution in [0.5, 0.6) is 0 Å². The Balaban J connectivity index is 1.56. The van der Waals surface area contributed by atoms with Gasteiger partial charge in [0, 0.05) is 55.4 Å². The van der Waals surface area contributed by atoms with Crippen LogP contribution in [-0.4, -0.2) is 58.2 Å². The number of amides is 2. The maximum atomic E-state index is 11.9. The van der Waals surface area contributed by atoms with E-state index in [-0.39, 0.29) is 12.6 Å². The number of hydrogen-bond donors (Lipinski definition) is 1. The highest BCUT2D eigenvalue weighted by atomic mass is 16.5. The fourth-order valence-corrected chi connectivity index (χ4v) is 2.86. The normalized spacial score (nSPS) is 14.1. The molecule has 0 spiro atoms. The quantitative estimate of drug-likeness (QED) is 0.820. The van der Waals surface area contributed by atoms with E-state index in [9.17, 15) is 9.59 Å². The van der Waals surface area contributed by atoms with E-state index < -0.39 is 5.97 Å². The number of likely N-dealkylation sites (tertiary alicyclic amines) is 1. The highest BCUT2D eigenvalue weighted by Crippen LogP contribution is 2.24. The first-order chi connectivity index (χ1) is 12.1. The second-order valence-electron chi connectivity index (χ2n) is 6.08. The van der Waals surface area contributed by atoms with Crippen molar-refractivity contribution in [3.63, 3.8) is 0 Å². The lowest BCUT2D eigenvalue weighted by molar-refractivity contribution is -0.139. The number of imidazole rings is 1. The predicted molar refractivity (Wildman–Crippen MR) is 90.7 cm³/mol. The molecule has 8 nitrogen and oxygen atoms in total. The van der Waals surface area contributed by atoms with Crippen LogP contribution < -0.4 is 5.32 Å². The summed E-state index contributed by atoms with van der Waals surface area (Å²) in [6.07, 6.45) is 5.36. The summed E-state index contributed by atoms with van der Waals surface area (Å²) in [5.74, 6) is 0.812. The van der Waals surface area contributed by atoms with Gasteiger partial charge in [0.25, 0.3) is 0 Å². The number of hydrogen-bond acceptors (Lipinski definition) is 5. The van der Waals surface area contributed by atoms with Gasteiger partial charge >= 0.3 is 12.0 Å². The molecule has 0 atom stereocenters. The van der Waals surface area contributed by atoms with Gasteiger partial charge in [-0.15, -0.1) is 0 Å². The summed E-state index contributed by atoms with van der Waals surface area (Å²) >= 11 is 0. The molecule has 0 aromatic carbocycles. The number of nitrogens with zero attached hydrogens (tertiary/aromatic N) is 4. The summed E-state index contributed by atoms with van der Waals surface area (Å²) < 4.78 is 6.68. The van der Waals surface area contributed by atoms with Gasteiger partial charge in [0.2, 0.25) is 0 Å². The number of methoxy groups -OCH3 is 1. The van der Waals surface area contributed by atoms with Crippen molar-refractivity contribution in [2.45, 2.75) is 13.5 Å². The third-order valence-corrected chi connectivity index (χ3v) is 4.29. The molecular weight excluding hydrogens is 322 g/mol. The number of carbonyl (C=O) groups is 2. The van der Waals surface area contributed by atoms with E-state index in [1.54, 1.807) is 17.3 Å². The zero-order valence-corrected chi connectivity index (χ0v) is 14.3. The van der Waals surface area contributed by atoms with Crippen molar-refractivity contribution in [2.75, 3.05) is 26.7 Å². The van der Waals surface area contributed by atoms with Gasteiger partial charge in [0.1, 0.15) is 12.4 Å². The first-order valence-electron chi connectivity index (χ1n) is 8.10. The second-order valence-corrected chi connectivity index (χ2v) is 6.08. The standard InChI is InChI=1S/C17H21N5O3/c1-12-7-19-16(14-3-5-18-6-4-14)22(12)11-13-9-21(10-13)17(24)20-8-15(23)25-2/h3-7,13H,8-11H2,1-2H3,(H,20,24). The predicted octanol–water partition coefficient (Wildman–Crippen LogP) is 1.07. The number of esters is 1. The summed E-state index contributed by atoms with van der Waals surface area (Å²) in [5, 5.41) is 2.55. The molecule has 8 heteroatoms. The topological polar surface area (TPSA) is 89.4 Å². The number of rotatable bonds is 5. The van der Waals surface area contributed by atoms with Crippen LogP contribution in [0.25, 0.3) is 11.4 Å². The lowest BCUT2D eigenvalue weighted by atomic mass is 10.0. The number of urea groups is 1. The van der Waals surface area contributed by atoms with Crippen molar-refractivity contribution in [1.82, 2.24) is 24.8 Å². The molecule has 0 unspecified atom stereocenters. The summed E-state index contributed by atoms with van der Waals surface area (Å²) in [4.78, 5) is 33.2. The molecule has 0 bridgehead atoms. The molecule has 3 heterocycles. The lowest BCUT2D eigenvalue weighted by Gasteiger charge is -2.39. The molecule has 2 aromatic rings. The van der Waals surface area contributed by atoms with E-state index in [2.05, 4.69) is 24.6 Å². The SMILES string of the molecule is COC(=O)CNC(=O)N1CC(Cn2c(C)cnc2-c2ccncc2)C1. The average molecular weight is 343 g/mol. The molecule has 1 saturated heterocycles. The largest absolute Gasteiger partial charge is 0.468 e. The fourth-order valence-electron chi connectivity index (χ4n) is 2.86. The molecule has 1 aliphatic heterocycles. The maximum Gasteiger partial charge on any atom is 0.325 e. The summed E-state index contributed by atoms with van der Waals surface area (Å²) in [7, 11) is 1.29. The van der Waals surface area contributed by atoms with Crippen molar-refractivity contribution < 1.29 is 14.3 Å². The van der Waals surface area contributed by atoms with Crippen molar-refractivity contribution >= 4 is 12.0 Å². The number of ether oxygens (including phenoxy) is 1. The first-order valence-corrected chi connectivity index (χ1v) is 8.10. The monoisotopic (exact) mass is 343 g/mol. The van der Waals surface area contributed by atoms with E-state index >= 15 is 0 Å². The van der Waals surface area contributed by atoms with E-state index in [4.69, 9.17) is 0 Å². The maximum absolute atomic E-state index is 11.9. The Morgan fingerprint density at radius 3 is 2.72 bits per heavy atom. The summed E-state index contributed by atoms with van der Waals surface area (Å²) in [5.41, 5.74) is 2.11. The third kappa shape index (κ3) is 3.78. The first kappa shape index (κ1) is 16.9. The molecule has 1 fully saturated rings. The minimum Gasteiger partial charge on any atom is -0.468 e. The minimum atomic E-state index is -0.457. The van der Waals surface area contributed by atoms with Crippen LogP contribution in [0.15, 0.2) is 30.7 Å². The fraction of sp³-hybridized carbons (Fsp3) is 0.412. The molecule has 132 valence electrons. The summed E-state index contributed by atoms with van der Waals surface area (Å²) in [6.45, 7) is 4.02. The Morgan fingerprint density at radius 1 is 1.32 bits per heavy atom. The summed E-state index contributed by atoms with van der Waals surface area (Å²) in [6, 6.07) is 3.63. The molecule has 3 rings (SSSR count). The molecule has 1 N–H and O–H groups in total. The Morgan fingerprint density at radius 2 is 2.04 bits per heavy atom. The van der Waals surface area contributed by atoms with Gasteiger partial charge in [-0.3, -0.25) is 9.78 Å². The van der Waals surface area contributed by atoms with Gasteiger partial charge in [-0.1, -0.05) is 0 Å². The van der Waals surface area contributed by atoms with Crippen LogP contribution in [0.4, 0.5) is 4.79 Å². The number of carbonyl (C=O) groups excluding carboxylic acids is 2. The number of aryl methyl sites for hydroxylation is 1. The third-order valence-electron chi connectivity index (χ3n) is 4.29. The molecule has 0 aliphatic carbocycles. The second kappa shape index (κ2) is 7.33. The van der Waals surface area contributed by atoms with Crippen LogP contribution in [0.2, 0.25) is 0 Å². The zero-order valence-electron chi connectivity index (χ0n) is 14.3. The van der Waals surface area contributed by atoms with Gasteiger partial charge in [-0.2, -0.15) is 0 Å². The molecule has 1 aliphatic rings. The van der Waals surface area contributed by atoms with Crippen LogP contribution >= 0.6 is 0 Å². The van der Waals surface area contributed by atoms with E-state index in [0.29, 0.717) is 19.0 Å². The van der Waals surface area contributed by atoms with E-state index in [0.717, 1.165) is 23.6 Å². The van der Waals surface area contributed by atoms with Crippen LogP contribution in [0, 0.1) is 12.8 Å². The van der Waals surface area contributed by atoms with Crippen LogP contribution in [0.1, 0.15) is 5.69 Å². The lowest BCUT2D eigenvalue weighted by Crippen LogP contribution is -2.55. The van der Waals surface area contributed by atoms with Crippen molar-refractivity contribution in [3.05, 3.63) is 36.4 Å². The van der Waals surface area contributed by atoms with Crippen molar-refractivity contribution in [2.24, 2.45) is 5.92 Å². The number of pyridine rings is 1. The molecule has 2 amide bonds. The van der Waals surface area contributed by atoms with Gasteiger partial charge in [0.05, 0.1) is 7.11 Å². The van der Waals surface area contributed by atoms with Gasteiger partial charge < -0.3 is 19.5 Å². The van der Waals surface area contributed by atoms with Crippen molar-refractivity contribution in [1.29, 1.82) is 0 Å². The van der Waals surface area contributed by atoms with Crippen LogP contribution in [0.3, 0.4) is 0 Å². The molecule has 25 heavy (non-hydrogen) atoms. The highest BCUT2D eigenvalue weighted by Gasteiger charge is 2.31. The Hall–Kier alpha value is -2.90. The van der Waals surface area contributed by atoms with E-state index in [1.807, 2.05) is 25.3 Å². The Kier molecular flexibility index (Phi) is 4.97. The smallest absolute Gasteiger partial charge is 0.325 e. The van der Waals surface area contributed by atoms with Gasteiger partial charge in [0.15, 0.2) is 0 Å². The van der Waals surface area contributed by atoms with Gasteiger partial charge in [-0.05, 0) is 19.1 Å². The van der Waals surface area contributed by atoms with Crippen LogP contribution in [-0.2, 0) is 16.1 Å². The minimum absolute atomic E-state index is 0.108. The molecule has 0 saturated carbocycles. The molecular formula is C17H21N5O3. The Labute approximate surface area is 145 Å². The highest BCUT2D eigenvalue weighted by molar-refractivity contribution is 5.81. The van der Waals surface area contributed by atoms with E-state index in [1.165, 1.54) is 7.11 Å². The number of aromatic nitrogens is 3. The Bertz CT molecular complexity index is 753. The number of nitrogens with one attached hydrogen (secondary N) is 1.